The number of non-ortho nitro benzene ring substituents is 1. The van der Waals surface area contributed by atoms with Crippen LogP contribution in [0, 0.1) is 22.5 Å². The largest absolute Gasteiger partial charge is 0.446 e. The number of primary amides is 1. The van der Waals surface area contributed by atoms with Gasteiger partial charge in [-0.15, -0.1) is 0 Å². The quantitative estimate of drug-likeness (QED) is 0.678. The average molecular weight is 291 g/mol. The second kappa shape index (κ2) is 4.61. The number of nitrogens with zero attached hydrogens (tertiary/aromatic N) is 2. The Balaban J connectivity index is 1.60. The number of anilines is 1. The zero-order valence-electron chi connectivity index (χ0n) is 11.7. The maximum absolute atomic E-state index is 10.7. The fraction of sp³-hybridized carbons (Fsp3) is 0.500. The fourth-order valence-corrected chi connectivity index (χ4v) is 3.45. The lowest BCUT2D eigenvalue weighted by atomic mass is 9.61. The van der Waals surface area contributed by atoms with Crippen molar-refractivity contribution in [2.45, 2.75) is 25.9 Å². The number of nitro benzene ring substituents is 1. The van der Waals surface area contributed by atoms with Crippen molar-refractivity contribution in [3.8, 4) is 0 Å². The first-order valence-electron chi connectivity index (χ1n) is 6.85. The molecular formula is C14H17N3O4. The number of aryl methyl sites for hydroxylation is 1. The molecule has 1 spiro atoms. The number of hydrogen-bond donors (Lipinski definition) is 1. The van der Waals surface area contributed by atoms with Crippen molar-refractivity contribution >= 4 is 17.5 Å². The lowest BCUT2D eigenvalue weighted by molar-refractivity contribution is -0.384. The summed E-state index contributed by atoms with van der Waals surface area (Å²) >= 11 is 0. The monoisotopic (exact) mass is 291 g/mol. The van der Waals surface area contributed by atoms with Crippen LogP contribution in [0.25, 0.3) is 0 Å². The molecular weight excluding hydrogens is 274 g/mol. The molecule has 1 saturated heterocycles. The zero-order chi connectivity index (χ0) is 15.2. The molecule has 2 fully saturated rings. The molecule has 0 unspecified atom stereocenters. The van der Waals surface area contributed by atoms with Gasteiger partial charge in [-0.1, -0.05) is 0 Å². The molecule has 1 amide bonds. The Labute approximate surface area is 121 Å². The van der Waals surface area contributed by atoms with E-state index < -0.39 is 6.09 Å². The number of amides is 1. The van der Waals surface area contributed by atoms with E-state index in [1.54, 1.807) is 12.1 Å². The number of ether oxygens (including phenoxy) is 1. The van der Waals surface area contributed by atoms with Crippen molar-refractivity contribution in [1.29, 1.82) is 0 Å². The predicted molar refractivity (Wildman–Crippen MR) is 76.2 cm³/mol. The summed E-state index contributed by atoms with van der Waals surface area (Å²) in [6, 6.07) is 4.93. The van der Waals surface area contributed by atoms with Gasteiger partial charge >= 0.3 is 6.09 Å². The van der Waals surface area contributed by atoms with E-state index in [2.05, 4.69) is 4.90 Å². The Morgan fingerprint density at radius 3 is 2.67 bits per heavy atom. The van der Waals surface area contributed by atoms with Crippen LogP contribution in [0.4, 0.5) is 16.2 Å². The van der Waals surface area contributed by atoms with Crippen molar-refractivity contribution in [3.63, 3.8) is 0 Å². The standard InChI is InChI=1S/C14H17N3O4/c1-9-4-10(17(19)20)2-3-12(9)16-7-14(8-16)5-11(6-14)21-13(15)18/h2-4,11H,5-8H2,1H3,(H2,15,18). The van der Waals surface area contributed by atoms with Gasteiger partial charge in [0.25, 0.3) is 5.69 Å². The van der Waals surface area contributed by atoms with Crippen LogP contribution in [0.2, 0.25) is 0 Å². The first-order valence-corrected chi connectivity index (χ1v) is 6.85. The molecule has 1 heterocycles. The Kier molecular flexibility index (Phi) is 3.00. The maximum Gasteiger partial charge on any atom is 0.404 e. The van der Waals surface area contributed by atoms with Gasteiger partial charge in [-0.2, -0.15) is 0 Å². The van der Waals surface area contributed by atoms with E-state index in [0.717, 1.165) is 37.2 Å². The van der Waals surface area contributed by atoms with Crippen LogP contribution in [0.5, 0.6) is 0 Å². The van der Waals surface area contributed by atoms with Gasteiger partial charge in [0.15, 0.2) is 0 Å². The van der Waals surface area contributed by atoms with E-state index in [0.29, 0.717) is 0 Å². The minimum Gasteiger partial charge on any atom is -0.446 e. The number of carbonyl (C=O) groups is 1. The number of nitro groups is 1. The lowest BCUT2D eigenvalue weighted by Crippen LogP contribution is -2.64. The van der Waals surface area contributed by atoms with Gasteiger partial charge in [0.2, 0.25) is 0 Å². The van der Waals surface area contributed by atoms with Crippen LogP contribution in [0.3, 0.4) is 0 Å². The Bertz CT molecular complexity index is 602. The second-order valence-electron chi connectivity index (χ2n) is 6.05. The van der Waals surface area contributed by atoms with Crippen molar-refractivity contribution in [3.05, 3.63) is 33.9 Å². The smallest absolute Gasteiger partial charge is 0.404 e. The van der Waals surface area contributed by atoms with Crippen LogP contribution in [0.15, 0.2) is 18.2 Å². The molecule has 1 aliphatic heterocycles. The number of hydrogen-bond acceptors (Lipinski definition) is 5. The molecule has 0 bridgehead atoms. The van der Waals surface area contributed by atoms with Crippen LogP contribution in [-0.2, 0) is 4.74 Å². The van der Waals surface area contributed by atoms with E-state index in [9.17, 15) is 14.9 Å². The highest BCUT2D eigenvalue weighted by Crippen LogP contribution is 2.51. The lowest BCUT2D eigenvalue weighted by Gasteiger charge is -2.59. The summed E-state index contributed by atoms with van der Waals surface area (Å²) in [7, 11) is 0. The Morgan fingerprint density at radius 1 is 1.48 bits per heavy atom. The van der Waals surface area contributed by atoms with Crippen LogP contribution in [0.1, 0.15) is 18.4 Å². The minimum atomic E-state index is -0.711. The number of benzene rings is 1. The molecule has 7 heteroatoms. The van der Waals surface area contributed by atoms with Gasteiger partial charge < -0.3 is 15.4 Å². The highest BCUT2D eigenvalue weighted by molar-refractivity contribution is 5.65. The summed E-state index contributed by atoms with van der Waals surface area (Å²) in [5, 5.41) is 10.7. The second-order valence-corrected chi connectivity index (χ2v) is 6.05. The number of carbonyl (C=O) groups excluding carboxylic acids is 1. The minimum absolute atomic E-state index is 0.0531. The Morgan fingerprint density at radius 2 is 2.14 bits per heavy atom. The first-order chi connectivity index (χ1) is 9.88. The first kappa shape index (κ1) is 13.7. The molecule has 1 aromatic carbocycles. The van der Waals surface area contributed by atoms with Crippen molar-refractivity contribution in [2.75, 3.05) is 18.0 Å². The number of rotatable bonds is 3. The fourth-order valence-electron chi connectivity index (χ4n) is 3.45. The van der Waals surface area contributed by atoms with Crippen molar-refractivity contribution < 1.29 is 14.5 Å². The molecule has 1 aliphatic carbocycles. The Hall–Kier alpha value is -2.31. The summed E-state index contributed by atoms with van der Waals surface area (Å²) in [5.74, 6) is 0. The highest BCUT2D eigenvalue weighted by Gasteiger charge is 2.54. The summed E-state index contributed by atoms with van der Waals surface area (Å²) in [6.07, 6.45) is 0.927. The van der Waals surface area contributed by atoms with Gasteiger partial charge in [0, 0.05) is 36.3 Å². The summed E-state index contributed by atoms with van der Waals surface area (Å²) in [6.45, 7) is 3.67. The van der Waals surface area contributed by atoms with Gasteiger partial charge in [-0.25, -0.2) is 4.79 Å². The van der Waals surface area contributed by atoms with E-state index in [1.165, 1.54) is 6.07 Å². The van der Waals surface area contributed by atoms with Crippen molar-refractivity contribution in [1.82, 2.24) is 0 Å². The van der Waals surface area contributed by atoms with Crippen LogP contribution < -0.4 is 10.6 Å². The molecule has 21 heavy (non-hydrogen) atoms. The van der Waals surface area contributed by atoms with Crippen LogP contribution in [-0.4, -0.2) is 30.2 Å². The SMILES string of the molecule is Cc1cc([N+](=O)[O-])ccc1N1CC2(CC(OC(N)=O)C2)C1. The molecule has 1 aromatic rings. The summed E-state index contributed by atoms with van der Waals surface area (Å²) in [4.78, 5) is 23.2. The van der Waals surface area contributed by atoms with E-state index in [1.807, 2.05) is 6.92 Å². The topological polar surface area (TPSA) is 98.7 Å². The van der Waals surface area contributed by atoms with Crippen LogP contribution >= 0.6 is 0 Å². The molecule has 1 saturated carbocycles. The third-order valence-electron chi connectivity index (χ3n) is 4.39. The molecule has 3 rings (SSSR count). The zero-order valence-corrected chi connectivity index (χ0v) is 11.7. The normalized spacial score (nSPS) is 19.8. The highest BCUT2D eigenvalue weighted by atomic mass is 16.6. The molecule has 2 N–H and O–H groups in total. The van der Waals surface area contributed by atoms with E-state index >= 15 is 0 Å². The van der Waals surface area contributed by atoms with Crippen molar-refractivity contribution in [2.24, 2.45) is 11.1 Å². The summed E-state index contributed by atoms with van der Waals surface area (Å²) in [5.41, 5.74) is 7.27. The van der Waals surface area contributed by atoms with Gasteiger partial charge in [-0.3, -0.25) is 10.1 Å². The van der Waals surface area contributed by atoms with Gasteiger partial charge in [-0.05, 0) is 31.4 Å². The van der Waals surface area contributed by atoms with Gasteiger partial charge in [0.1, 0.15) is 6.10 Å². The molecule has 7 nitrogen and oxygen atoms in total. The maximum atomic E-state index is 10.7. The third-order valence-corrected chi connectivity index (χ3v) is 4.39. The molecule has 112 valence electrons. The summed E-state index contributed by atoms with van der Waals surface area (Å²) < 4.78 is 4.97. The predicted octanol–water partition coefficient (Wildman–Crippen LogP) is 1.97. The van der Waals surface area contributed by atoms with Gasteiger partial charge in [0.05, 0.1) is 4.92 Å². The molecule has 0 aromatic heterocycles. The molecule has 2 aliphatic rings. The molecule has 0 atom stereocenters. The van der Waals surface area contributed by atoms with E-state index in [-0.39, 0.29) is 22.1 Å². The molecule has 0 radical (unpaired) electrons. The third kappa shape index (κ3) is 2.39. The average Bonchev–Trinajstić information content (AvgIpc) is 2.30. The number of nitrogens with two attached hydrogens (primary N) is 1. The van der Waals surface area contributed by atoms with E-state index in [4.69, 9.17) is 10.5 Å².